The van der Waals surface area contributed by atoms with Gasteiger partial charge >= 0.3 is 0 Å². The SMILES string of the molecule is Cc1cc(S(=O)(=O)c2ccc(Br)c(C)c2)ccc1Br. The van der Waals surface area contributed by atoms with Gasteiger partial charge in [0.15, 0.2) is 0 Å². The molecule has 0 N–H and O–H groups in total. The first kappa shape index (κ1) is 14.8. The molecule has 0 atom stereocenters. The lowest BCUT2D eigenvalue weighted by Gasteiger charge is -2.08. The third kappa shape index (κ3) is 2.93. The normalized spacial score (nSPS) is 11.6. The standard InChI is InChI=1S/C14H12Br2O2S/c1-9-7-11(3-5-13(9)15)19(17,18)12-4-6-14(16)10(2)8-12/h3-8H,1-2H3. The van der Waals surface area contributed by atoms with Crippen molar-refractivity contribution in [1.82, 2.24) is 0 Å². The molecule has 2 nitrogen and oxygen atoms in total. The van der Waals surface area contributed by atoms with E-state index in [9.17, 15) is 8.42 Å². The van der Waals surface area contributed by atoms with Crippen LogP contribution in [0.2, 0.25) is 0 Å². The Morgan fingerprint density at radius 3 is 1.47 bits per heavy atom. The molecule has 0 unspecified atom stereocenters. The van der Waals surface area contributed by atoms with Gasteiger partial charge in [-0.1, -0.05) is 31.9 Å². The molecule has 0 bridgehead atoms. The van der Waals surface area contributed by atoms with Crippen molar-refractivity contribution < 1.29 is 8.42 Å². The molecule has 0 radical (unpaired) electrons. The largest absolute Gasteiger partial charge is 0.219 e. The lowest BCUT2D eigenvalue weighted by atomic mass is 10.2. The van der Waals surface area contributed by atoms with Crippen molar-refractivity contribution in [3.05, 3.63) is 56.5 Å². The van der Waals surface area contributed by atoms with Crippen molar-refractivity contribution in [3.63, 3.8) is 0 Å². The summed E-state index contributed by atoms with van der Waals surface area (Å²) >= 11 is 6.74. The van der Waals surface area contributed by atoms with Gasteiger partial charge in [0.1, 0.15) is 0 Å². The Balaban J connectivity index is 2.58. The number of benzene rings is 2. The lowest BCUT2D eigenvalue weighted by molar-refractivity contribution is 0.596. The zero-order valence-electron chi connectivity index (χ0n) is 10.4. The zero-order valence-corrected chi connectivity index (χ0v) is 14.4. The van der Waals surface area contributed by atoms with Crippen LogP contribution in [0.3, 0.4) is 0 Å². The molecule has 0 aliphatic rings. The summed E-state index contributed by atoms with van der Waals surface area (Å²) in [7, 11) is -3.46. The van der Waals surface area contributed by atoms with Gasteiger partial charge in [-0.2, -0.15) is 0 Å². The van der Waals surface area contributed by atoms with Gasteiger partial charge in [-0.15, -0.1) is 0 Å². The summed E-state index contributed by atoms with van der Waals surface area (Å²) in [6, 6.07) is 10.1. The molecule has 2 aromatic rings. The number of aryl methyl sites for hydroxylation is 2. The van der Waals surface area contributed by atoms with E-state index in [2.05, 4.69) is 31.9 Å². The third-order valence-electron chi connectivity index (χ3n) is 2.88. The third-order valence-corrected chi connectivity index (χ3v) is 6.41. The van der Waals surface area contributed by atoms with E-state index in [1.807, 2.05) is 13.8 Å². The quantitative estimate of drug-likeness (QED) is 0.730. The summed E-state index contributed by atoms with van der Waals surface area (Å²) in [5.74, 6) is 0. The van der Waals surface area contributed by atoms with Crippen LogP contribution in [0, 0.1) is 13.8 Å². The van der Waals surface area contributed by atoms with E-state index in [4.69, 9.17) is 0 Å². The van der Waals surface area contributed by atoms with Crippen molar-refractivity contribution in [3.8, 4) is 0 Å². The molecule has 0 heterocycles. The molecule has 0 aliphatic heterocycles. The Bertz CT molecular complexity index is 680. The van der Waals surface area contributed by atoms with Crippen LogP contribution in [0.5, 0.6) is 0 Å². The number of hydrogen-bond donors (Lipinski definition) is 0. The zero-order chi connectivity index (χ0) is 14.2. The first-order valence-electron chi connectivity index (χ1n) is 5.60. The first-order valence-corrected chi connectivity index (χ1v) is 8.66. The van der Waals surface area contributed by atoms with Gasteiger partial charge in [0, 0.05) is 8.95 Å². The second kappa shape index (κ2) is 5.38. The van der Waals surface area contributed by atoms with Crippen LogP contribution in [-0.4, -0.2) is 8.42 Å². The highest BCUT2D eigenvalue weighted by Gasteiger charge is 2.18. The van der Waals surface area contributed by atoms with Crippen molar-refractivity contribution >= 4 is 41.7 Å². The maximum atomic E-state index is 12.5. The summed E-state index contributed by atoms with van der Waals surface area (Å²) in [6.07, 6.45) is 0. The second-order valence-electron chi connectivity index (χ2n) is 4.33. The van der Waals surface area contributed by atoms with Crippen LogP contribution in [0.4, 0.5) is 0 Å². The van der Waals surface area contributed by atoms with Crippen molar-refractivity contribution in [2.75, 3.05) is 0 Å². The second-order valence-corrected chi connectivity index (χ2v) is 7.98. The predicted octanol–water partition coefficient (Wildman–Crippen LogP) is 4.66. The van der Waals surface area contributed by atoms with E-state index in [-0.39, 0.29) is 0 Å². The van der Waals surface area contributed by atoms with Gasteiger partial charge in [-0.05, 0) is 61.4 Å². The fourth-order valence-corrected chi connectivity index (χ4v) is 3.63. The van der Waals surface area contributed by atoms with Crippen LogP contribution in [0.25, 0.3) is 0 Å². The summed E-state index contributed by atoms with van der Waals surface area (Å²) in [5.41, 5.74) is 1.80. The van der Waals surface area contributed by atoms with E-state index >= 15 is 0 Å². The fourth-order valence-electron chi connectivity index (χ4n) is 1.70. The van der Waals surface area contributed by atoms with Crippen molar-refractivity contribution in [2.24, 2.45) is 0 Å². The number of rotatable bonds is 2. The molecule has 19 heavy (non-hydrogen) atoms. The van der Waals surface area contributed by atoms with Gasteiger partial charge in [0.2, 0.25) is 9.84 Å². The highest BCUT2D eigenvalue weighted by Crippen LogP contribution is 2.27. The minimum absolute atomic E-state index is 0.315. The number of sulfone groups is 1. The Hall–Kier alpha value is -0.650. The predicted molar refractivity (Wildman–Crippen MR) is 83.2 cm³/mol. The highest BCUT2D eigenvalue weighted by atomic mass is 79.9. The van der Waals surface area contributed by atoms with E-state index in [0.29, 0.717) is 9.79 Å². The number of hydrogen-bond acceptors (Lipinski definition) is 2. The number of halogens is 2. The summed E-state index contributed by atoms with van der Waals surface area (Å²) < 4.78 is 26.9. The molecular formula is C14H12Br2O2S. The molecule has 0 saturated carbocycles. The molecule has 0 aliphatic carbocycles. The molecule has 2 aromatic carbocycles. The van der Waals surface area contributed by atoms with Gasteiger partial charge in [0.05, 0.1) is 9.79 Å². The maximum Gasteiger partial charge on any atom is 0.206 e. The fraction of sp³-hybridized carbons (Fsp3) is 0.143. The van der Waals surface area contributed by atoms with Gasteiger partial charge < -0.3 is 0 Å². The molecule has 0 saturated heterocycles. The van der Waals surface area contributed by atoms with Crippen LogP contribution >= 0.6 is 31.9 Å². The van der Waals surface area contributed by atoms with E-state index in [0.717, 1.165) is 20.1 Å². The molecule has 100 valence electrons. The Morgan fingerprint density at radius 2 is 1.16 bits per heavy atom. The van der Waals surface area contributed by atoms with Crippen LogP contribution in [0.15, 0.2) is 55.1 Å². The first-order chi connectivity index (χ1) is 8.82. The Kier molecular flexibility index (Phi) is 4.18. The molecule has 0 amide bonds. The van der Waals surface area contributed by atoms with Crippen LogP contribution < -0.4 is 0 Å². The van der Waals surface area contributed by atoms with Crippen LogP contribution in [-0.2, 0) is 9.84 Å². The van der Waals surface area contributed by atoms with Crippen LogP contribution in [0.1, 0.15) is 11.1 Å². The van der Waals surface area contributed by atoms with Gasteiger partial charge in [-0.3, -0.25) is 0 Å². The average Bonchev–Trinajstić information content (AvgIpc) is 2.35. The molecule has 2 rings (SSSR count). The Morgan fingerprint density at radius 1 is 0.789 bits per heavy atom. The highest BCUT2D eigenvalue weighted by molar-refractivity contribution is 9.10. The maximum absolute atomic E-state index is 12.5. The molecule has 5 heteroatoms. The minimum atomic E-state index is -3.46. The van der Waals surface area contributed by atoms with E-state index in [1.54, 1.807) is 36.4 Å². The topological polar surface area (TPSA) is 34.1 Å². The van der Waals surface area contributed by atoms with E-state index in [1.165, 1.54) is 0 Å². The van der Waals surface area contributed by atoms with Crippen molar-refractivity contribution in [2.45, 2.75) is 23.6 Å². The molecular weight excluding hydrogens is 392 g/mol. The van der Waals surface area contributed by atoms with Gasteiger partial charge in [-0.25, -0.2) is 8.42 Å². The van der Waals surface area contributed by atoms with E-state index < -0.39 is 9.84 Å². The summed E-state index contributed by atoms with van der Waals surface area (Å²) in [4.78, 5) is 0.629. The molecule has 0 aromatic heterocycles. The lowest BCUT2D eigenvalue weighted by Crippen LogP contribution is -2.03. The summed E-state index contributed by atoms with van der Waals surface area (Å²) in [6.45, 7) is 3.74. The monoisotopic (exact) mass is 402 g/mol. The Labute approximate surface area is 130 Å². The minimum Gasteiger partial charge on any atom is -0.219 e. The summed E-state index contributed by atoms with van der Waals surface area (Å²) in [5, 5.41) is 0. The van der Waals surface area contributed by atoms with Crippen molar-refractivity contribution in [1.29, 1.82) is 0 Å². The molecule has 0 fully saturated rings. The smallest absolute Gasteiger partial charge is 0.206 e. The molecule has 0 spiro atoms. The average molecular weight is 404 g/mol. The van der Waals surface area contributed by atoms with Gasteiger partial charge in [0.25, 0.3) is 0 Å².